The van der Waals surface area contributed by atoms with Crippen molar-refractivity contribution in [2.24, 2.45) is 0 Å². The minimum absolute atomic E-state index is 0.133. The molecule has 0 atom stereocenters. The van der Waals surface area contributed by atoms with E-state index in [1.165, 1.54) is 23.5 Å². The zero-order valence-electron chi connectivity index (χ0n) is 15.5. The molecule has 0 aliphatic carbocycles. The lowest BCUT2D eigenvalue weighted by Crippen LogP contribution is -2.28. The fourth-order valence-corrected chi connectivity index (χ4v) is 5.01. The molecule has 0 radical (unpaired) electrons. The lowest BCUT2D eigenvalue weighted by molar-refractivity contribution is 0.0775. The van der Waals surface area contributed by atoms with Gasteiger partial charge in [0.2, 0.25) is 0 Å². The molecule has 0 aliphatic rings. The Morgan fingerprint density at radius 2 is 1.83 bits per heavy atom. The zero-order chi connectivity index (χ0) is 20.5. The summed E-state index contributed by atoms with van der Waals surface area (Å²) in [5, 5.41) is 1.95. The van der Waals surface area contributed by atoms with E-state index in [9.17, 15) is 13.6 Å². The molecule has 0 aliphatic heterocycles. The predicted octanol–water partition coefficient (Wildman–Crippen LogP) is 6.06. The number of fused-ring (bicyclic) bond motifs is 1. The lowest BCUT2D eigenvalue weighted by atomic mass is 10.2. The van der Waals surface area contributed by atoms with Gasteiger partial charge < -0.3 is 9.47 Å². The summed E-state index contributed by atoms with van der Waals surface area (Å²) in [6.45, 7) is 0.737. The second-order valence-electron chi connectivity index (χ2n) is 6.81. The maximum atomic E-state index is 13.7. The second-order valence-corrected chi connectivity index (χ2v) is 8.57. The first-order valence-corrected chi connectivity index (χ1v) is 10.6. The van der Waals surface area contributed by atoms with Gasteiger partial charge in [0.15, 0.2) is 11.6 Å². The Morgan fingerprint density at radius 3 is 2.55 bits per heavy atom. The molecule has 3 nitrogen and oxygen atoms in total. The van der Waals surface area contributed by atoms with Gasteiger partial charge in [0.1, 0.15) is 5.69 Å². The number of amides is 1. The molecule has 7 heteroatoms. The van der Waals surface area contributed by atoms with Crippen LogP contribution in [0.1, 0.15) is 21.6 Å². The van der Waals surface area contributed by atoms with Crippen molar-refractivity contribution in [2.75, 3.05) is 7.05 Å². The van der Waals surface area contributed by atoms with Crippen LogP contribution in [0, 0.1) is 11.6 Å². The molecular formula is C22H17BrF2N2OS. The molecule has 0 saturated carbocycles. The molecule has 4 rings (SSSR count). The van der Waals surface area contributed by atoms with Crippen LogP contribution >= 0.6 is 27.3 Å². The van der Waals surface area contributed by atoms with E-state index in [0.29, 0.717) is 17.8 Å². The van der Waals surface area contributed by atoms with Crippen LogP contribution in [0.4, 0.5) is 8.78 Å². The minimum atomic E-state index is -0.899. The molecule has 0 saturated heterocycles. The van der Waals surface area contributed by atoms with Crippen LogP contribution in [0.25, 0.3) is 10.2 Å². The Hall–Kier alpha value is -2.51. The van der Waals surface area contributed by atoms with Crippen LogP contribution in [0.5, 0.6) is 0 Å². The molecular weight excluding hydrogens is 458 g/mol. The summed E-state index contributed by atoms with van der Waals surface area (Å²) >= 11 is 5.07. The number of carbonyl (C=O) groups excluding carboxylic acids is 1. The van der Waals surface area contributed by atoms with E-state index in [1.54, 1.807) is 11.9 Å². The first kappa shape index (κ1) is 19.8. The number of halogens is 3. The first-order valence-electron chi connectivity index (χ1n) is 8.93. The van der Waals surface area contributed by atoms with Gasteiger partial charge >= 0.3 is 0 Å². The molecule has 0 fully saturated rings. The summed E-state index contributed by atoms with van der Waals surface area (Å²) in [7, 11) is 1.76. The highest BCUT2D eigenvalue weighted by atomic mass is 79.9. The second kappa shape index (κ2) is 8.08. The van der Waals surface area contributed by atoms with Gasteiger partial charge in [0, 0.05) is 25.5 Å². The fraction of sp³-hybridized carbons (Fsp3) is 0.136. The topological polar surface area (TPSA) is 25.2 Å². The van der Waals surface area contributed by atoms with Gasteiger partial charge in [-0.15, -0.1) is 11.3 Å². The zero-order valence-corrected chi connectivity index (χ0v) is 17.9. The highest BCUT2D eigenvalue weighted by Crippen LogP contribution is 2.34. The number of hydrogen-bond donors (Lipinski definition) is 0. The number of aromatic nitrogens is 1. The highest BCUT2D eigenvalue weighted by Gasteiger charge is 2.22. The summed E-state index contributed by atoms with van der Waals surface area (Å²) in [6.07, 6.45) is 0. The number of carbonyl (C=O) groups is 1. The Morgan fingerprint density at radius 1 is 1.07 bits per heavy atom. The van der Waals surface area contributed by atoms with Gasteiger partial charge in [-0.2, -0.15) is 0 Å². The van der Waals surface area contributed by atoms with E-state index in [2.05, 4.69) is 15.9 Å². The molecule has 148 valence electrons. The molecule has 2 aromatic heterocycles. The third kappa shape index (κ3) is 3.97. The van der Waals surface area contributed by atoms with Crippen LogP contribution < -0.4 is 0 Å². The number of hydrogen-bond acceptors (Lipinski definition) is 2. The fourth-order valence-electron chi connectivity index (χ4n) is 3.32. The van der Waals surface area contributed by atoms with Crippen LogP contribution in [-0.2, 0) is 13.1 Å². The van der Waals surface area contributed by atoms with E-state index < -0.39 is 11.6 Å². The molecule has 2 aromatic carbocycles. The first-order chi connectivity index (χ1) is 13.9. The summed E-state index contributed by atoms with van der Waals surface area (Å²) < 4.78 is 30.7. The Bertz CT molecular complexity index is 1190. The van der Waals surface area contributed by atoms with Crippen molar-refractivity contribution in [1.82, 2.24) is 9.47 Å². The van der Waals surface area contributed by atoms with Gasteiger partial charge in [-0.05, 0) is 45.3 Å². The van der Waals surface area contributed by atoms with Gasteiger partial charge in [-0.3, -0.25) is 4.79 Å². The van der Waals surface area contributed by atoms with Crippen LogP contribution in [-0.4, -0.2) is 22.4 Å². The van der Waals surface area contributed by atoms with Crippen molar-refractivity contribution in [3.05, 3.63) is 92.9 Å². The summed E-state index contributed by atoms with van der Waals surface area (Å²) in [6, 6.07) is 15.4. The van der Waals surface area contributed by atoms with Gasteiger partial charge in [0.05, 0.1) is 14.7 Å². The average Bonchev–Trinajstić information content (AvgIpc) is 3.25. The molecule has 0 bridgehead atoms. The quantitative estimate of drug-likeness (QED) is 0.344. The van der Waals surface area contributed by atoms with E-state index in [1.807, 2.05) is 46.3 Å². The number of benzene rings is 2. The van der Waals surface area contributed by atoms with Crippen molar-refractivity contribution in [1.29, 1.82) is 0 Å². The highest BCUT2D eigenvalue weighted by molar-refractivity contribution is 9.10. The van der Waals surface area contributed by atoms with Gasteiger partial charge in [0.25, 0.3) is 5.91 Å². The van der Waals surface area contributed by atoms with E-state index in [4.69, 9.17) is 0 Å². The van der Waals surface area contributed by atoms with Gasteiger partial charge in [-0.25, -0.2) is 8.78 Å². The van der Waals surface area contributed by atoms with Crippen LogP contribution in [0.2, 0.25) is 0 Å². The number of nitrogens with zero attached hydrogens (tertiary/aromatic N) is 2. The van der Waals surface area contributed by atoms with Crippen molar-refractivity contribution in [3.63, 3.8) is 0 Å². The normalized spacial score (nSPS) is 11.2. The molecule has 29 heavy (non-hydrogen) atoms. The molecule has 2 heterocycles. The maximum absolute atomic E-state index is 13.7. The maximum Gasteiger partial charge on any atom is 0.270 e. The molecule has 0 N–H and O–H groups in total. The van der Waals surface area contributed by atoms with Crippen molar-refractivity contribution < 1.29 is 13.6 Å². The van der Waals surface area contributed by atoms with Gasteiger partial charge in [-0.1, -0.05) is 36.4 Å². The van der Waals surface area contributed by atoms with E-state index in [-0.39, 0.29) is 12.5 Å². The SMILES string of the molecule is CN(Cc1ccccc1)C(=O)c1cc2scc(Br)c2n1Cc1ccc(F)c(F)c1. The number of thiophene rings is 1. The van der Waals surface area contributed by atoms with Crippen molar-refractivity contribution >= 4 is 43.4 Å². The molecule has 1 amide bonds. The minimum Gasteiger partial charge on any atom is -0.336 e. The lowest BCUT2D eigenvalue weighted by Gasteiger charge is -2.19. The summed E-state index contributed by atoms with van der Waals surface area (Å²) in [5.41, 5.74) is 3.00. The summed E-state index contributed by atoms with van der Waals surface area (Å²) in [4.78, 5) is 14.9. The third-order valence-electron chi connectivity index (χ3n) is 4.73. The van der Waals surface area contributed by atoms with Crippen LogP contribution in [0.15, 0.2) is 64.5 Å². The predicted molar refractivity (Wildman–Crippen MR) is 115 cm³/mol. The monoisotopic (exact) mass is 474 g/mol. The van der Waals surface area contributed by atoms with Crippen molar-refractivity contribution in [2.45, 2.75) is 13.1 Å². The largest absolute Gasteiger partial charge is 0.336 e. The van der Waals surface area contributed by atoms with E-state index >= 15 is 0 Å². The smallest absolute Gasteiger partial charge is 0.270 e. The Balaban J connectivity index is 1.71. The molecule has 0 unspecified atom stereocenters. The Kier molecular flexibility index (Phi) is 5.52. The Labute approximate surface area is 179 Å². The summed E-state index contributed by atoms with van der Waals surface area (Å²) in [5.74, 6) is -1.92. The average molecular weight is 475 g/mol. The van der Waals surface area contributed by atoms with Crippen molar-refractivity contribution in [3.8, 4) is 0 Å². The van der Waals surface area contributed by atoms with E-state index in [0.717, 1.165) is 26.3 Å². The molecule has 4 aromatic rings. The standard InChI is InChI=1S/C22H17BrF2N2OS/c1-26(11-14-5-3-2-4-6-14)22(28)19-10-20-21(16(23)13-29-20)27(19)12-15-7-8-17(24)18(25)9-15/h2-10,13H,11-12H2,1H3. The van der Waals surface area contributed by atoms with Crippen LogP contribution in [0.3, 0.4) is 0 Å². The number of rotatable bonds is 5. The molecule has 0 spiro atoms. The third-order valence-corrected chi connectivity index (χ3v) is 6.56.